The van der Waals surface area contributed by atoms with Gasteiger partial charge in [0, 0.05) is 12.0 Å². The lowest BCUT2D eigenvalue weighted by molar-refractivity contribution is -0.136. The second-order valence-corrected chi connectivity index (χ2v) is 6.44. The lowest BCUT2D eigenvalue weighted by Gasteiger charge is -2.10. The van der Waals surface area contributed by atoms with E-state index in [1.54, 1.807) is 12.1 Å². The van der Waals surface area contributed by atoms with Crippen molar-refractivity contribution in [2.45, 2.75) is 19.4 Å². The Kier molecular flexibility index (Phi) is 6.07. The minimum Gasteiger partial charge on any atom is -0.489 e. The molecule has 0 spiro atoms. The molecule has 0 saturated heterocycles. The van der Waals surface area contributed by atoms with Crippen LogP contribution in [0.25, 0.3) is 11.1 Å². The van der Waals surface area contributed by atoms with Crippen LogP contribution in [-0.2, 0) is 17.8 Å². The molecule has 1 amide bonds. The fourth-order valence-corrected chi connectivity index (χ4v) is 2.95. The average Bonchev–Trinajstić information content (AvgIpc) is 2.71. The standard InChI is InChI=1S/C23H21NO4/c24-23(27)21-7-2-1-6-20(21)18-5-3-4-17(14-18)15-28-19-11-8-16(9-12-19)10-13-22(25)26/h1-9,11-12,14H,10,13,15H2,(H2,24,27)(H,25,26). The van der Waals surface area contributed by atoms with Crippen molar-refractivity contribution in [2.75, 3.05) is 0 Å². The Bertz CT molecular complexity index is 980. The van der Waals surface area contributed by atoms with Crippen LogP contribution in [0.4, 0.5) is 0 Å². The molecule has 28 heavy (non-hydrogen) atoms. The highest BCUT2D eigenvalue weighted by Crippen LogP contribution is 2.25. The second kappa shape index (κ2) is 8.86. The minimum atomic E-state index is -0.807. The molecule has 5 heteroatoms. The Balaban J connectivity index is 1.69. The van der Waals surface area contributed by atoms with Crippen LogP contribution in [0.3, 0.4) is 0 Å². The van der Waals surface area contributed by atoms with E-state index in [-0.39, 0.29) is 6.42 Å². The Morgan fingerprint density at radius 2 is 1.64 bits per heavy atom. The van der Waals surface area contributed by atoms with Gasteiger partial charge in [-0.3, -0.25) is 9.59 Å². The number of carboxylic acids is 1. The summed E-state index contributed by atoms with van der Waals surface area (Å²) in [6.07, 6.45) is 0.608. The van der Waals surface area contributed by atoms with Crippen LogP contribution in [0.2, 0.25) is 0 Å². The monoisotopic (exact) mass is 375 g/mol. The number of primary amides is 1. The maximum Gasteiger partial charge on any atom is 0.303 e. The molecule has 142 valence electrons. The lowest BCUT2D eigenvalue weighted by Crippen LogP contribution is -2.12. The van der Waals surface area contributed by atoms with Gasteiger partial charge in [0.1, 0.15) is 12.4 Å². The van der Waals surface area contributed by atoms with E-state index in [0.717, 1.165) is 22.3 Å². The van der Waals surface area contributed by atoms with Crippen LogP contribution >= 0.6 is 0 Å². The number of aryl methyl sites for hydroxylation is 1. The Hall–Kier alpha value is -3.60. The summed E-state index contributed by atoms with van der Waals surface area (Å²) in [6.45, 7) is 0.376. The van der Waals surface area contributed by atoms with Crippen molar-refractivity contribution in [1.82, 2.24) is 0 Å². The zero-order valence-corrected chi connectivity index (χ0v) is 15.3. The van der Waals surface area contributed by atoms with Gasteiger partial charge in [-0.05, 0) is 52.9 Å². The maximum atomic E-state index is 11.7. The number of ether oxygens (including phenoxy) is 1. The predicted octanol–water partition coefficient (Wildman–Crippen LogP) is 4.05. The first-order valence-corrected chi connectivity index (χ1v) is 8.94. The van der Waals surface area contributed by atoms with Crippen molar-refractivity contribution >= 4 is 11.9 Å². The van der Waals surface area contributed by atoms with E-state index in [0.29, 0.717) is 24.3 Å². The van der Waals surface area contributed by atoms with Gasteiger partial charge in [-0.15, -0.1) is 0 Å². The fourth-order valence-electron chi connectivity index (χ4n) is 2.95. The van der Waals surface area contributed by atoms with Gasteiger partial charge in [0.05, 0.1) is 0 Å². The van der Waals surface area contributed by atoms with Gasteiger partial charge in [-0.25, -0.2) is 0 Å². The van der Waals surface area contributed by atoms with Gasteiger partial charge in [-0.1, -0.05) is 48.5 Å². The molecule has 5 nitrogen and oxygen atoms in total. The van der Waals surface area contributed by atoms with Crippen LogP contribution in [0.1, 0.15) is 27.9 Å². The maximum absolute atomic E-state index is 11.7. The van der Waals surface area contributed by atoms with Gasteiger partial charge in [0.15, 0.2) is 0 Å². The summed E-state index contributed by atoms with van der Waals surface area (Å²) in [5.74, 6) is -0.555. The normalized spacial score (nSPS) is 10.4. The first-order valence-electron chi connectivity index (χ1n) is 8.94. The van der Waals surface area contributed by atoms with Crippen molar-refractivity contribution in [1.29, 1.82) is 0 Å². The predicted molar refractivity (Wildman–Crippen MR) is 107 cm³/mol. The van der Waals surface area contributed by atoms with Crippen molar-refractivity contribution < 1.29 is 19.4 Å². The summed E-state index contributed by atoms with van der Waals surface area (Å²) in [6, 6.07) is 22.4. The third-order valence-corrected chi connectivity index (χ3v) is 4.39. The molecule has 0 unspecified atom stereocenters. The van der Waals surface area contributed by atoms with Gasteiger partial charge >= 0.3 is 5.97 Å². The number of amides is 1. The molecule has 0 fully saturated rings. The molecule has 0 radical (unpaired) electrons. The topological polar surface area (TPSA) is 89.6 Å². The number of nitrogens with two attached hydrogens (primary N) is 1. The molecule has 0 aliphatic carbocycles. The molecule has 3 N–H and O–H groups in total. The molecular weight excluding hydrogens is 354 g/mol. The molecule has 3 rings (SSSR count). The number of aliphatic carboxylic acids is 1. The highest BCUT2D eigenvalue weighted by atomic mass is 16.5. The quantitative estimate of drug-likeness (QED) is 0.621. The van der Waals surface area contributed by atoms with Crippen LogP contribution < -0.4 is 10.5 Å². The average molecular weight is 375 g/mol. The summed E-state index contributed by atoms with van der Waals surface area (Å²) in [4.78, 5) is 22.3. The number of rotatable bonds is 8. The highest BCUT2D eigenvalue weighted by Gasteiger charge is 2.09. The van der Waals surface area contributed by atoms with E-state index in [1.165, 1.54) is 0 Å². The third kappa shape index (κ3) is 4.98. The van der Waals surface area contributed by atoms with Crippen LogP contribution in [0, 0.1) is 0 Å². The van der Waals surface area contributed by atoms with Gasteiger partial charge in [-0.2, -0.15) is 0 Å². The van der Waals surface area contributed by atoms with Crippen molar-refractivity contribution in [3.05, 3.63) is 89.5 Å². The number of hydrogen-bond acceptors (Lipinski definition) is 3. The van der Waals surface area contributed by atoms with E-state index in [2.05, 4.69) is 0 Å². The van der Waals surface area contributed by atoms with Crippen LogP contribution in [0.5, 0.6) is 5.75 Å². The van der Waals surface area contributed by atoms with Crippen molar-refractivity contribution in [3.8, 4) is 16.9 Å². The van der Waals surface area contributed by atoms with Crippen LogP contribution in [-0.4, -0.2) is 17.0 Å². The lowest BCUT2D eigenvalue weighted by atomic mass is 9.98. The molecule has 3 aromatic rings. The zero-order chi connectivity index (χ0) is 19.9. The summed E-state index contributed by atoms with van der Waals surface area (Å²) < 4.78 is 5.83. The largest absolute Gasteiger partial charge is 0.489 e. The summed E-state index contributed by atoms with van der Waals surface area (Å²) >= 11 is 0. The molecule has 0 saturated carbocycles. The summed E-state index contributed by atoms with van der Waals surface area (Å²) in [5.41, 5.74) is 9.58. The third-order valence-electron chi connectivity index (χ3n) is 4.39. The van der Waals surface area contributed by atoms with E-state index >= 15 is 0 Å². The Morgan fingerprint density at radius 3 is 2.36 bits per heavy atom. The Labute approximate surface area is 163 Å². The molecular formula is C23H21NO4. The molecule has 0 bridgehead atoms. The minimum absolute atomic E-state index is 0.111. The number of hydrogen-bond donors (Lipinski definition) is 2. The first kappa shape index (κ1) is 19.2. The second-order valence-electron chi connectivity index (χ2n) is 6.44. The van der Waals surface area contributed by atoms with Gasteiger partial charge in [0.25, 0.3) is 0 Å². The van der Waals surface area contributed by atoms with Gasteiger partial charge in [0.2, 0.25) is 5.91 Å². The first-order chi connectivity index (χ1) is 13.5. The molecule has 0 aliphatic rings. The SMILES string of the molecule is NC(=O)c1ccccc1-c1cccc(COc2ccc(CCC(=O)O)cc2)c1. The molecule has 0 atom stereocenters. The smallest absolute Gasteiger partial charge is 0.303 e. The van der Waals surface area contributed by atoms with Crippen molar-refractivity contribution in [2.24, 2.45) is 5.73 Å². The van der Waals surface area contributed by atoms with E-state index in [9.17, 15) is 9.59 Å². The molecule has 0 aliphatic heterocycles. The highest BCUT2D eigenvalue weighted by molar-refractivity contribution is 5.99. The van der Waals surface area contributed by atoms with E-state index in [4.69, 9.17) is 15.6 Å². The summed E-state index contributed by atoms with van der Waals surface area (Å²) in [7, 11) is 0. The number of carboxylic acid groups (broad SMARTS) is 1. The number of carbonyl (C=O) groups excluding carboxylic acids is 1. The molecule has 0 heterocycles. The van der Waals surface area contributed by atoms with E-state index < -0.39 is 11.9 Å². The molecule has 0 aromatic heterocycles. The number of carbonyl (C=O) groups is 2. The van der Waals surface area contributed by atoms with Crippen LogP contribution in [0.15, 0.2) is 72.8 Å². The number of benzene rings is 3. The van der Waals surface area contributed by atoms with Gasteiger partial charge < -0.3 is 15.6 Å². The Morgan fingerprint density at radius 1 is 0.893 bits per heavy atom. The van der Waals surface area contributed by atoms with Crippen molar-refractivity contribution in [3.63, 3.8) is 0 Å². The van der Waals surface area contributed by atoms with E-state index in [1.807, 2.05) is 60.7 Å². The fraction of sp³-hybridized carbons (Fsp3) is 0.130. The molecule has 3 aromatic carbocycles. The zero-order valence-electron chi connectivity index (χ0n) is 15.3. The summed E-state index contributed by atoms with van der Waals surface area (Å²) in [5, 5.41) is 8.74.